The Morgan fingerprint density at radius 3 is 2.50 bits per heavy atom. The average Bonchev–Trinajstić information content (AvgIpc) is 2.20. The van der Waals surface area contributed by atoms with Crippen LogP contribution in [-0.2, 0) is 4.74 Å². The van der Waals surface area contributed by atoms with Gasteiger partial charge in [-0.1, -0.05) is 23.2 Å². The number of hydrogen-bond donors (Lipinski definition) is 1. The summed E-state index contributed by atoms with van der Waals surface area (Å²) in [5.74, 6) is 0. The Morgan fingerprint density at radius 1 is 1.19 bits per heavy atom. The summed E-state index contributed by atoms with van der Waals surface area (Å²) in [6.07, 6.45) is 0.856. The van der Waals surface area contributed by atoms with Crippen LogP contribution < -0.4 is 5.32 Å². The number of benzene rings is 1. The fourth-order valence-corrected chi connectivity index (χ4v) is 2.40. The third-order valence-corrected chi connectivity index (χ3v) is 3.22. The largest absolute Gasteiger partial charge is 0.381 e. The second-order valence-corrected chi connectivity index (χ2v) is 5.03. The standard InChI is InChI=1S/C11H11Cl3NO/c12-7-3-8(13)5-9(4-7)15-11-1-2-16-6-10(11)14/h3-6,10-11,15H,1-2H2. The van der Waals surface area contributed by atoms with Crippen molar-refractivity contribution in [2.75, 3.05) is 11.9 Å². The average molecular weight is 280 g/mol. The monoisotopic (exact) mass is 278 g/mol. The van der Waals surface area contributed by atoms with Crippen LogP contribution in [0, 0.1) is 6.61 Å². The van der Waals surface area contributed by atoms with E-state index in [0.29, 0.717) is 16.7 Å². The van der Waals surface area contributed by atoms with Gasteiger partial charge in [0.2, 0.25) is 0 Å². The zero-order chi connectivity index (χ0) is 11.5. The molecule has 0 amide bonds. The Bertz CT molecular complexity index is 352. The molecular formula is C11H11Cl3NO. The van der Waals surface area contributed by atoms with Gasteiger partial charge in [0.15, 0.2) is 0 Å². The smallest absolute Gasteiger partial charge is 0.103 e. The normalized spacial score (nSPS) is 25.4. The first-order valence-corrected chi connectivity index (χ1v) is 6.16. The van der Waals surface area contributed by atoms with Gasteiger partial charge in [0.05, 0.1) is 5.38 Å². The van der Waals surface area contributed by atoms with Crippen molar-refractivity contribution in [2.24, 2.45) is 0 Å². The maximum Gasteiger partial charge on any atom is 0.103 e. The Hall–Kier alpha value is -0.150. The van der Waals surface area contributed by atoms with Crippen molar-refractivity contribution in [1.29, 1.82) is 0 Å². The second kappa shape index (κ2) is 5.46. The van der Waals surface area contributed by atoms with Crippen LogP contribution in [0.15, 0.2) is 18.2 Å². The molecule has 0 aliphatic carbocycles. The molecule has 1 aromatic carbocycles. The van der Waals surface area contributed by atoms with E-state index in [0.717, 1.165) is 12.1 Å². The summed E-state index contributed by atoms with van der Waals surface area (Å²) in [6.45, 7) is 2.32. The molecule has 2 nitrogen and oxygen atoms in total. The lowest BCUT2D eigenvalue weighted by molar-refractivity contribution is 0.151. The number of halogens is 3. The van der Waals surface area contributed by atoms with E-state index in [1.165, 1.54) is 0 Å². The van der Waals surface area contributed by atoms with Gasteiger partial charge in [0.25, 0.3) is 0 Å². The first-order valence-electron chi connectivity index (χ1n) is 4.97. The van der Waals surface area contributed by atoms with Gasteiger partial charge in [-0.2, -0.15) is 0 Å². The summed E-state index contributed by atoms with van der Waals surface area (Å²) >= 11 is 17.9. The van der Waals surface area contributed by atoms with Gasteiger partial charge in [-0.15, -0.1) is 11.6 Å². The van der Waals surface area contributed by atoms with E-state index in [4.69, 9.17) is 39.5 Å². The van der Waals surface area contributed by atoms with Crippen LogP contribution in [0.5, 0.6) is 0 Å². The highest BCUT2D eigenvalue weighted by Crippen LogP contribution is 2.26. The van der Waals surface area contributed by atoms with Crippen LogP contribution in [0.25, 0.3) is 0 Å². The van der Waals surface area contributed by atoms with Crippen LogP contribution in [0.3, 0.4) is 0 Å². The molecule has 2 atom stereocenters. The van der Waals surface area contributed by atoms with Crippen LogP contribution in [0.2, 0.25) is 10.0 Å². The summed E-state index contributed by atoms with van der Waals surface area (Å²) in [5.41, 5.74) is 0.878. The molecular weight excluding hydrogens is 268 g/mol. The van der Waals surface area contributed by atoms with Gasteiger partial charge in [0, 0.05) is 28.4 Å². The fourth-order valence-electron chi connectivity index (χ4n) is 1.61. The van der Waals surface area contributed by atoms with Crippen molar-refractivity contribution in [3.05, 3.63) is 34.9 Å². The molecule has 1 aliphatic rings. The highest BCUT2D eigenvalue weighted by Gasteiger charge is 2.24. The maximum absolute atomic E-state index is 6.10. The van der Waals surface area contributed by atoms with E-state index in [1.807, 2.05) is 12.1 Å². The van der Waals surface area contributed by atoms with Crippen LogP contribution in [-0.4, -0.2) is 18.0 Å². The lowest BCUT2D eigenvalue weighted by Gasteiger charge is -2.28. The Morgan fingerprint density at radius 2 is 1.88 bits per heavy atom. The minimum absolute atomic E-state index is 0.143. The van der Waals surface area contributed by atoms with Gasteiger partial charge >= 0.3 is 0 Å². The number of rotatable bonds is 2. The zero-order valence-electron chi connectivity index (χ0n) is 8.42. The van der Waals surface area contributed by atoms with E-state index < -0.39 is 0 Å². The van der Waals surface area contributed by atoms with Gasteiger partial charge in [-0.25, -0.2) is 0 Å². The molecule has 2 rings (SSSR count). The molecule has 87 valence electrons. The van der Waals surface area contributed by atoms with Crippen LogP contribution in [0.4, 0.5) is 5.69 Å². The molecule has 1 N–H and O–H groups in total. The molecule has 0 aromatic heterocycles. The molecule has 1 saturated heterocycles. The Labute approximate surface area is 110 Å². The third-order valence-electron chi connectivity index (χ3n) is 2.37. The van der Waals surface area contributed by atoms with E-state index in [-0.39, 0.29) is 11.4 Å². The van der Waals surface area contributed by atoms with Crippen molar-refractivity contribution >= 4 is 40.5 Å². The second-order valence-electron chi connectivity index (χ2n) is 3.65. The molecule has 1 fully saturated rings. The van der Waals surface area contributed by atoms with Crippen LogP contribution in [0.1, 0.15) is 6.42 Å². The van der Waals surface area contributed by atoms with Crippen molar-refractivity contribution in [1.82, 2.24) is 0 Å². The lowest BCUT2D eigenvalue weighted by Crippen LogP contribution is -2.35. The summed E-state index contributed by atoms with van der Waals surface area (Å²) in [4.78, 5) is 0. The van der Waals surface area contributed by atoms with Crippen molar-refractivity contribution in [3.63, 3.8) is 0 Å². The molecule has 1 aliphatic heterocycles. The molecule has 1 heterocycles. The van der Waals surface area contributed by atoms with Gasteiger partial charge < -0.3 is 10.1 Å². The van der Waals surface area contributed by atoms with Gasteiger partial charge in [0.1, 0.15) is 6.61 Å². The first-order chi connectivity index (χ1) is 7.65. The summed E-state index contributed by atoms with van der Waals surface area (Å²) in [7, 11) is 0. The molecule has 0 bridgehead atoms. The zero-order valence-corrected chi connectivity index (χ0v) is 10.7. The quantitative estimate of drug-likeness (QED) is 0.827. The predicted molar refractivity (Wildman–Crippen MR) is 68.4 cm³/mol. The highest BCUT2D eigenvalue weighted by atomic mass is 35.5. The van der Waals surface area contributed by atoms with Crippen LogP contribution >= 0.6 is 34.8 Å². The number of anilines is 1. The number of hydrogen-bond acceptors (Lipinski definition) is 2. The molecule has 0 spiro atoms. The number of nitrogens with one attached hydrogen (secondary N) is 1. The van der Waals surface area contributed by atoms with E-state index in [9.17, 15) is 0 Å². The third kappa shape index (κ3) is 3.17. The number of alkyl halides is 1. The van der Waals surface area contributed by atoms with E-state index in [1.54, 1.807) is 12.7 Å². The molecule has 0 saturated carbocycles. The lowest BCUT2D eigenvalue weighted by atomic mass is 10.1. The van der Waals surface area contributed by atoms with Crippen molar-refractivity contribution in [3.8, 4) is 0 Å². The molecule has 1 radical (unpaired) electrons. The van der Waals surface area contributed by atoms with Crippen molar-refractivity contribution < 1.29 is 4.74 Å². The molecule has 16 heavy (non-hydrogen) atoms. The summed E-state index contributed by atoms with van der Waals surface area (Å²) in [5, 5.41) is 4.37. The minimum atomic E-state index is -0.147. The molecule has 5 heteroatoms. The fraction of sp³-hybridized carbons (Fsp3) is 0.364. The number of ether oxygens (including phenoxy) is 1. The SMILES string of the molecule is Clc1cc(Cl)cc(NC2CCO[CH]C2Cl)c1. The minimum Gasteiger partial charge on any atom is -0.381 e. The van der Waals surface area contributed by atoms with Gasteiger partial charge in [-0.3, -0.25) is 0 Å². The maximum atomic E-state index is 6.10. The van der Waals surface area contributed by atoms with E-state index in [2.05, 4.69) is 5.32 Å². The first kappa shape index (κ1) is 12.3. The van der Waals surface area contributed by atoms with Crippen molar-refractivity contribution in [2.45, 2.75) is 17.8 Å². The molecule has 1 aromatic rings. The predicted octanol–water partition coefficient (Wildman–Crippen LogP) is 3.96. The van der Waals surface area contributed by atoms with E-state index >= 15 is 0 Å². The Kier molecular flexibility index (Phi) is 4.20. The summed E-state index contributed by atoms with van der Waals surface area (Å²) < 4.78 is 5.15. The summed E-state index contributed by atoms with van der Waals surface area (Å²) in [6, 6.07) is 5.49. The highest BCUT2D eigenvalue weighted by molar-refractivity contribution is 6.35. The molecule has 2 unspecified atom stereocenters. The van der Waals surface area contributed by atoms with Gasteiger partial charge in [-0.05, 0) is 24.6 Å². The Balaban J connectivity index is 2.07. The topological polar surface area (TPSA) is 21.3 Å².